The first kappa shape index (κ1) is 18.8. The molecule has 0 bridgehead atoms. The highest BCUT2D eigenvalue weighted by atomic mass is 35.5. The summed E-state index contributed by atoms with van der Waals surface area (Å²) in [5, 5.41) is 4.23. The van der Waals surface area contributed by atoms with Gasteiger partial charge in [-0.2, -0.15) is 0 Å². The molecule has 0 aromatic heterocycles. The van der Waals surface area contributed by atoms with E-state index < -0.39 is 0 Å². The Hall–Kier alpha value is -1.58. The predicted octanol–water partition coefficient (Wildman–Crippen LogP) is 5.50. The van der Waals surface area contributed by atoms with Crippen LogP contribution in [0.25, 0.3) is 0 Å². The van der Waals surface area contributed by atoms with Crippen molar-refractivity contribution in [2.24, 2.45) is 0 Å². The number of benzene rings is 2. The largest absolute Gasteiger partial charge is 0.369 e. The fraction of sp³-hybridized carbons (Fsp3) is 0.478. The molecule has 0 saturated carbocycles. The summed E-state index contributed by atoms with van der Waals surface area (Å²) in [6, 6.07) is 14.1. The molecular formula is C23H28ClFN2. The summed E-state index contributed by atoms with van der Waals surface area (Å²) in [5.74, 6) is 0.456. The van der Waals surface area contributed by atoms with E-state index in [0.717, 1.165) is 68.1 Å². The van der Waals surface area contributed by atoms with Crippen LogP contribution in [0.5, 0.6) is 0 Å². The highest BCUT2D eigenvalue weighted by Gasteiger charge is 2.30. The zero-order valence-electron chi connectivity index (χ0n) is 16.0. The van der Waals surface area contributed by atoms with Crippen molar-refractivity contribution < 1.29 is 4.39 Å². The Morgan fingerprint density at radius 1 is 1.11 bits per heavy atom. The number of hydrogen-bond acceptors (Lipinski definition) is 2. The van der Waals surface area contributed by atoms with Crippen molar-refractivity contribution in [2.75, 3.05) is 31.1 Å². The lowest BCUT2D eigenvalue weighted by molar-refractivity contribution is 0.338. The molecule has 2 aliphatic heterocycles. The van der Waals surface area contributed by atoms with Crippen molar-refractivity contribution in [3.63, 3.8) is 0 Å². The summed E-state index contributed by atoms with van der Waals surface area (Å²) in [4.78, 5) is 2.20. The van der Waals surface area contributed by atoms with Gasteiger partial charge in [0.05, 0.1) is 5.69 Å². The Kier molecular flexibility index (Phi) is 5.43. The second kappa shape index (κ2) is 7.81. The van der Waals surface area contributed by atoms with Gasteiger partial charge >= 0.3 is 0 Å². The quantitative estimate of drug-likeness (QED) is 0.748. The molecule has 2 heterocycles. The summed E-state index contributed by atoms with van der Waals surface area (Å²) in [6.45, 7) is 6.02. The van der Waals surface area contributed by atoms with Gasteiger partial charge in [0.1, 0.15) is 5.82 Å². The van der Waals surface area contributed by atoms with E-state index >= 15 is 0 Å². The number of anilines is 1. The van der Waals surface area contributed by atoms with Crippen molar-refractivity contribution >= 4 is 17.3 Å². The van der Waals surface area contributed by atoms with Gasteiger partial charge < -0.3 is 10.2 Å². The highest BCUT2D eigenvalue weighted by Crippen LogP contribution is 2.35. The van der Waals surface area contributed by atoms with Gasteiger partial charge in [-0.05, 0) is 73.5 Å². The molecular weight excluding hydrogens is 359 g/mol. The lowest BCUT2D eigenvalue weighted by atomic mass is 9.76. The molecule has 2 fully saturated rings. The molecule has 2 saturated heterocycles. The van der Waals surface area contributed by atoms with Gasteiger partial charge in [0, 0.05) is 30.1 Å². The van der Waals surface area contributed by atoms with Crippen LogP contribution in [-0.2, 0) is 5.41 Å². The van der Waals surface area contributed by atoms with Gasteiger partial charge in [0.2, 0.25) is 0 Å². The van der Waals surface area contributed by atoms with Crippen LogP contribution in [0, 0.1) is 5.82 Å². The molecule has 0 unspecified atom stereocenters. The van der Waals surface area contributed by atoms with Crippen LogP contribution in [0.3, 0.4) is 0 Å². The smallest absolute Gasteiger partial charge is 0.146 e. The topological polar surface area (TPSA) is 15.3 Å². The molecule has 2 aromatic carbocycles. The van der Waals surface area contributed by atoms with Crippen LogP contribution in [0.15, 0.2) is 42.5 Å². The summed E-state index contributed by atoms with van der Waals surface area (Å²) in [5.41, 5.74) is 3.25. The first-order valence-corrected chi connectivity index (χ1v) is 10.4. The average molecular weight is 387 g/mol. The lowest BCUT2D eigenvalue weighted by Crippen LogP contribution is -2.41. The zero-order chi connectivity index (χ0) is 18.9. The van der Waals surface area contributed by atoms with E-state index in [4.69, 9.17) is 11.6 Å². The number of hydrogen-bond donors (Lipinski definition) is 1. The Bertz CT molecular complexity index is 775. The van der Waals surface area contributed by atoms with Crippen LogP contribution in [0.4, 0.5) is 10.1 Å². The van der Waals surface area contributed by atoms with Crippen LogP contribution in [-0.4, -0.2) is 26.2 Å². The summed E-state index contributed by atoms with van der Waals surface area (Å²) < 4.78 is 14.9. The molecule has 0 radical (unpaired) electrons. The molecule has 4 heteroatoms. The van der Waals surface area contributed by atoms with Crippen molar-refractivity contribution in [1.82, 2.24) is 5.32 Å². The molecule has 0 amide bonds. The standard InChI is InChI=1S/C23H28ClFN2/c1-23(11-2-12-26-16-23)19-5-8-22(21(25)15-19)27-13-9-18(10-14-27)17-3-6-20(24)7-4-17/h3-8,15,18,26H,2,9-14,16H2,1H3/t23-/m0/s1. The van der Waals surface area contributed by atoms with Crippen molar-refractivity contribution in [3.8, 4) is 0 Å². The average Bonchev–Trinajstić information content (AvgIpc) is 2.69. The van der Waals surface area contributed by atoms with E-state index in [1.54, 1.807) is 6.07 Å². The van der Waals surface area contributed by atoms with Gasteiger partial charge in [-0.25, -0.2) is 4.39 Å². The van der Waals surface area contributed by atoms with Crippen LogP contribution >= 0.6 is 11.6 Å². The Morgan fingerprint density at radius 3 is 2.48 bits per heavy atom. The van der Waals surface area contributed by atoms with E-state index in [9.17, 15) is 4.39 Å². The maximum atomic E-state index is 14.9. The third-order valence-corrected chi connectivity index (χ3v) is 6.67. The number of piperidine rings is 2. The van der Waals surface area contributed by atoms with Gasteiger partial charge in [-0.1, -0.05) is 36.7 Å². The van der Waals surface area contributed by atoms with E-state index in [1.807, 2.05) is 18.2 Å². The summed E-state index contributed by atoms with van der Waals surface area (Å²) >= 11 is 6.00. The molecule has 4 rings (SSSR count). The summed E-state index contributed by atoms with van der Waals surface area (Å²) in [6.07, 6.45) is 4.36. The number of nitrogens with one attached hydrogen (secondary N) is 1. The van der Waals surface area contributed by atoms with Gasteiger partial charge in [0.25, 0.3) is 0 Å². The molecule has 144 valence electrons. The lowest BCUT2D eigenvalue weighted by Gasteiger charge is -2.36. The minimum absolute atomic E-state index is 0.0409. The van der Waals surface area contributed by atoms with Crippen molar-refractivity contribution in [1.29, 1.82) is 0 Å². The van der Waals surface area contributed by atoms with E-state index in [1.165, 1.54) is 5.56 Å². The fourth-order valence-electron chi connectivity index (χ4n) is 4.63. The third-order valence-electron chi connectivity index (χ3n) is 6.42. The maximum absolute atomic E-state index is 14.9. The SMILES string of the molecule is C[C@]1(c2ccc(N3CCC(c4ccc(Cl)cc4)CC3)c(F)c2)CCCNC1. The van der Waals surface area contributed by atoms with Crippen LogP contribution in [0.2, 0.25) is 5.02 Å². The van der Waals surface area contributed by atoms with Gasteiger partial charge in [-0.3, -0.25) is 0 Å². The van der Waals surface area contributed by atoms with Crippen LogP contribution < -0.4 is 10.2 Å². The number of rotatable bonds is 3. The maximum Gasteiger partial charge on any atom is 0.146 e. The monoisotopic (exact) mass is 386 g/mol. The minimum Gasteiger partial charge on any atom is -0.369 e. The van der Waals surface area contributed by atoms with Crippen LogP contribution in [0.1, 0.15) is 49.7 Å². The molecule has 0 spiro atoms. The highest BCUT2D eigenvalue weighted by molar-refractivity contribution is 6.30. The molecule has 2 nitrogen and oxygen atoms in total. The van der Waals surface area contributed by atoms with Gasteiger partial charge in [-0.15, -0.1) is 0 Å². The molecule has 2 aliphatic rings. The minimum atomic E-state index is -0.0794. The predicted molar refractivity (Wildman–Crippen MR) is 111 cm³/mol. The summed E-state index contributed by atoms with van der Waals surface area (Å²) in [7, 11) is 0. The normalized spacial score (nSPS) is 24.2. The molecule has 0 aliphatic carbocycles. The molecule has 2 aromatic rings. The Labute approximate surface area is 166 Å². The van der Waals surface area contributed by atoms with Crippen molar-refractivity contribution in [2.45, 2.75) is 43.9 Å². The number of halogens is 2. The zero-order valence-corrected chi connectivity index (χ0v) is 16.7. The second-order valence-corrected chi connectivity index (χ2v) is 8.76. The Morgan fingerprint density at radius 2 is 1.85 bits per heavy atom. The second-order valence-electron chi connectivity index (χ2n) is 8.32. The first-order chi connectivity index (χ1) is 13.0. The molecule has 27 heavy (non-hydrogen) atoms. The van der Waals surface area contributed by atoms with E-state index in [0.29, 0.717) is 5.92 Å². The third kappa shape index (κ3) is 4.00. The molecule has 1 N–H and O–H groups in total. The molecule has 1 atom stereocenters. The fourth-order valence-corrected chi connectivity index (χ4v) is 4.76. The van der Waals surface area contributed by atoms with Crippen molar-refractivity contribution in [3.05, 3.63) is 64.4 Å². The van der Waals surface area contributed by atoms with Gasteiger partial charge in [0.15, 0.2) is 0 Å². The van der Waals surface area contributed by atoms with E-state index in [2.05, 4.69) is 35.3 Å². The number of nitrogens with zero attached hydrogens (tertiary/aromatic N) is 1. The van der Waals surface area contributed by atoms with E-state index in [-0.39, 0.29) is 11.2 Å². The Balaban J connectivity index is 1.44. The first-order valence-electron chi connectivity index (χ1n) is 10.1.